The van der Waals surface area contributed by atoms with Crippen molar-refractivity contribution in [3.05, 3.63) is 70.8 Å². The fraction of sp³-hybridized carbons (Fsp3) is 0.360. The molecule has 0 aromatic heterocycles. The van der Waals surface area contributed by atoms with E-state index in [1.54, 1.807) is 38.4 Å². The van der Waals surface area contributed by atoms with Gasteiger partial charge in [-0.2, -0.15) is 0 Å². The highest BCUT2D eigenvalue weighted by Crippen LogP contribution is 2.08. The second kappa shape index (κ2) is 24.0. The molecule has 8 heteroatoms. The van der Waals surface area contributed by atoms with E-state index in [0.29, 0.717) is 22.3 Å². The average Bonchev–Trinajstić information content (AvgIpc) is 2.87. The Labute approximate surface area is 209 Å². The first kappa shape index (κ1) is 37.6. The Morgan fingerprint density at radius 1 is 0.515 bits per heavy atom. The summed E-state index contributed by atoms with van der Waals surface area (Å²) in [5.41, 5.74) is 1.77. The Morgan fingerprint density at radius 2 is 0.697 bits per heavy atom. The van der Waals surface area contributed by atoms with Crippen molar-refractivity contribution in [2.45, 2.75) is 49.0 Å². The van der Waals surface area contributed by atoms with E-state index >= 15 is 0 Å². The Bertz CT molecular complexity index is 738. The van der Waals surface area contributed by atoms with E-state index in [0.717, 1.165) is 0 Å². The summed E-state index contributed by atoms with van der Waals surface area (Å²) >= 11 is 10.4. The fourth-order valence-corrected chi connectivity index (χ4v) is 2.05. The summed E-state index contributed by atoms with van der Waals surface area (Å²) in [4.78, 5) is 43.5. The van der Waals surface area contributed by atoms with Gasteiger partial charge in [0.15, 0.2) is 0 Å². The van der Waals surface area contributed by atoms with Crippen LogP contribution in [0.3, 0.4) is 0 Å². The molecule has 0 saturated heterocycles. The minimum Gasteiger partial charge on any atom is -0.355 e. The number of halogens is 2. The lowest BCUT2D eigenvalue weighted by Crippen LogP contribution is -2.19. The summed E-state index contributed by atoms with van der Waals surface area (Å²) in [6, 6.07) is 12.3. The lowest BCUT2D eigenvalue weighted by atomic mass is 10.1. The molecule has 6 nitrogen and oxygen atoms in total. The maximum Gasteiger partial charge on any atom is 0.252 e. The van der Waals surface area contributed by atoms with Crippen LogP contribution in [0.15, 0.2) is 48.5 Å². The van der Waals surface area contributed by atoms with Gasteiger partial charge >= 0.3 is 0 Å². The lowest BCUT2D eigenvalue weighted by molar-refractivity contribution is 0.0951. The molecule has 0 aliphatic carbocycles. The van der Waals surface area contributed by atoms with Gasteiger partial charge < -0.3 is 10.6 Å². The van der Waals surface area contributed by atoms with E-state index in [1.165, 1.54) is 24.3 Å². The summed E-state index contributed by atoms with van der Waals surface area (Å²) in [5.74, 6) is -0.318. The van der Waals surface area contributed by atoms with Gasteiger partial charge in [-0.3, -0.25) is 19.2 Å². The summed E-state index contributed by atoms with van der Waals surface area (Å²) in [5, 5.41) is 3.90. The second-order valence-corrected chi connectivity index (χ2v) is 5.55. The Morgan fingerprint density at radius 3 is 0.848 bits per heavy atom. The minimum atomic E-state index is -0.552. The Balaban J connectivity index is -0.000000204. The maximum absolute atomic E-state index is 11.2. The zero-order chi connectivity index (χ0) is 25.7. The topological polar surface area (TPSA) is 92.3 Å². The SMILES string of the molecule is C.CC.CC.CC.CNC(=O)c1ccc(C(=O)NC)cc1.O=C(Cl)c1ccc(C(=O)Cl)cc1. The van der Waals surface area contributed by atoms with Gasteiger partial charge in [-0.05, 0) is 71.7 Å². The van der Waals surface area contributed by atoms with Crippen molar-refractivity contribution in [1.82, 2.24) is 10.6 Å². The van der Waals surface area contributed by atoms with Gasteiger partial charge in [0.05, 0.1) is 0 Å². The Kier molecular flexibility index (Phi) is 27.3. The van der Waals surface area contributed by atoms with Crippen molar-refractivity contribution in [3.63, 3.8) is 0 Å². The molecule has 2 aromatic rings. The van der Waals surface area contributed by atoms with Crippen LogP contribution in [-0.2, 0) is 0 Å². The van der Waals surface area contributed by atoms with E-state index in [-0.39, 0.29) is 19.2 Å². The second-order valence-electron chi connectivity index (χ2n) is 4.86. The molecule has 0 aliphatic heterocycles. The van der Waals surface area contributed by atoms with Gasteiger partial charge in [-0.1, -0.05) is 49.0 Å². The Hall–Kier alpha value is -2.70. The number of amides is 2. The van der Waals surface area contributed by atoms with Crippen LogP contribution in [-0.4, -0.2) is 36.4 Å². The van der Waals surface area contributed by atoms with Gasteiger partial charge in [0.2, 0.25) is 0 Å². The molecule has 0 spiro atoms. The first-order valence-electron chi connectivity index (χ1n) is 10.3. The van der Waals surface area contributed by atoms with Crippen LogP contribution in [0.5, 0.6) is 0 Å². The molecule has 2 aromatic carbocycles. The van der Waals surface area contributed by atoms with Gasteiger partial charge in [0, 0.05) is 36.3 Å². The molecule has 33 heavy (non-hydrogen) atoms. The van der Waals surface area contributed by atoms with Crippen LogP contribution < -0.4 is 10.6 Å². The third-order valence-electron chi connectivity index (χ3n) is 3.20. The molecule has 0 unspecified atom stereocenters. The summed E-state index contributed by atoms with van der Waals surface area (Å²) in [6.45, 7) is 12.0. The average molecular weight is 501 g/mol. The number of carbonyl (C=O) groups excluding carboxylic acids is 4. The van der Waals surface area contributed by atoms with E-state index < -0.39 is 10.5 Å². The molecule has 0 aliphatic rings. The van der Waals surface area contributed by atoms with Crippen molar-refractivity contribution in [2.75, 3.05) is 14.1 Å². The molecular weight excluding hydrogens is 463 g/mol. The molecule has 0 radical (unpaired) electrons. The smallest absolute Gasteiger partial charge is 0.252 e. The van der Waals surface area contributed by atoms with Crippen molar-refractivity contribution >= 4 is 45.5 Å². The molecule has 2 N–H and O–H groups in total. The number of rotatable bonds is 4. The van der Waals surface area contributed by atoms with Gasteiger partial charge in [0.25, 0.3) is 22.3 Å². The first-order chi connectivity index (χ1) is 15.3. The first-order valence-corrected chi connectivity index (χ1v) is 11.1. The van der Waals surface area contributed by atoms with E-state index in [2.05, 4.69) is 10.6 Å². The number of hydrogen-bond acceptors (Lipinski definition) is 4. The highest BCUT2D eigenvalue weighted by molar-refractivity contribution is 6.68. The minimum absolute atomic E-state index is 0. The summed E-state index contributed by atoms with van der Waals surface area (Å²) in [6.07, 6.45) is 0. The van der Waals surface area contributed by atoms with Crippen molar-refractivity contribution in [3.8, 4) is 0 Å². The van der Waals surface area contributed by atoms with E-state index in [9.17, 15) is 19.2 Å². The zero-order valence-corrected chi connectivity index (χ0v) is 21.5. The quantitative estimate of drug-likeness (QED) is 0.464. The molecule has 0 saturated carbocycles. The van der Waals surface area contributed by atoms with Gasteiger partial charge in [-0.25, -0.2) is 0 Å². The van der Waals surface area contributed by atoms with Crippen LogP contribution in [0.4, 0.5) is 0 Å². The van der Waals surface area contributed by atoms with Crippen LogP contribution in [0, 0.1) is 0 Å². The fourth-order valence-electron chi connectivity index (χ4n) is 1.79. The van der Waals surface area contributed by atoms with Gasteiger partial charge in [0.1, 0.15) is 0 Å². The molecule has 2 amide bonds. The van der Waals surface area contributed by atoms with Crippen LogP contribution in [0.25, 0.3) is 0 Å². The largest absolute Gasteiger partial charge is 0.355 e. The molecule has 0 bridgehead atoms. The number of hydrogen-bond donors (Lipinski definition) is 2. The normalized spacial score (nSPS) is 7.94. The van der Waals surface area contributed by atoms with Crippen molar-refractivity contribution in [1.29, 1.82) is 0 Å². The van der Waals surface area contributed by atoms with E-state index in [1.807, 2.05) is 41.5 Å². The number of nitrogens with one attached hydrogen (secondary N) is 2. The third kappa shape index (κ3) is 15.7. The monoisotopic (exact) mass is 500 g/mol. The zero-order valence-electron chi connectivity index (χ0n) is 20.0. The molecular formula is C25H38Cl2N2O4. The van der Waals surface area contributed by atoms with E-state index in [4.69, 9.17) is 23.2 Å². The maximum atomic E-state index is 11.2. The van der Waals surface area contributed by atoms with Crippen molar-refractivity contribution < 1.29 is 19.2 Å². The predicted molar refractivity (Wildman–Crippen MR) is 141 cm³/mol. The molecule has 0 fully saturated rings. The summed E-state index contributed by atoms with van der Waals surface area (Å²) < 4.78 is 0. The standard InChI is InChI=1S/C10H12N2O2.C8H4Cl2O2.3C2H6.CH4/c1-11-9(13)7-3-5-8(6-4-7)10(14)12-2;9-7(11)5-1-2-6(4-3-5)8(10)12;3*1-2;/h3-6H,1-2H3,(H,11,13)(H,12,14);1-4H;3*1-2H3;1H4. The van der Waals surface area contributed by atoms with Crippen LogP contribution >= 0.6 is 23.2 Å². The molecule has 0 atom stereocenters. The van der Waals surface area contributed by atoms with Crippen LogP contribution in [0.2, 0.25) is 0 Å². The number of benzene rings is 2. The molecule has 186 valence electrons. The highest BCUT2D eigenvalue weighted by atomic mass is 35.5. The highest BCUT2D eigenvalue weighted by Gasteiger charge is 2.05. The van der Waals surface area contributed by atoms with Crippen molar-refractivity contribution in [2.24, 2.45) is 0 Å². The third-order valence-corrected chi connectivity index (χ3v) is 3.64. The van der Waals surface area contributed by atoms with Gasteiger partial charge in [-0.15, -0.1) is 0 Å². The predicted octanol–water partition coefficient (Wildman–Crippen LogP) is 6.57. The number of carbonyl (C=O) groups is 4. The molecule has 2 rings (SSSR count). The molecule has 0 heterocycles. The van der Waals surface area contributed by atoms with Crippen LogP contribution in [0.1, 0.15) is 90.4 Å². The lowest BCUT2D eigenvalue weighted by Gasteiger charge is -2.01. The summed E-state index contributed by atoms with van der Waals surface area (Å²) in [7, 11) is 3.13.